The number of nitrogens with one attached hydrogen (secondary N) is 1. The van der Waals surface area contributed by atoms with E-state index < -0.39 is 16.8 Å². The van der Waals surface area contributed by atoms with E-state index in [-0.39, 0.29) is 11.9 Å². The van der Waals surface area contributed by atoms with Gasteiger partial charge in [-0.1, -0.05) is 25.7 Å². The predicted molar refractivity (Wildman–Crippen MR) is 76.1 cm³/mol. The molecular formula is C15H26N2O3. The van der Waals surface area contributed by atoms with Crippen LogP contribution in [0.25, 0.3) is 0 Å². The van der Waals surface area contributed by atoms with Gasteiger partial charge in [0.2, 0.25) is 5.91 Å². The van der Waals surface area contributed by atoms with Crippen LogP contribution < -0.4 is 11.1 Å². The van der Waals surface area contributed by atoms with Gasteiger partial charge in [-0.25, -0.2) is 0 Å². The normalized spacial score (nSPS) is 32.8. The van der Waals surface area contributed by atoms with Crippen molar-refractivity contribution in [2.75, 3.05) is 6.54 Å². The summed E-state index contributed by atoms with van der Waals surface area (Å²) in [5.74, 6) is -0.840. The van der Waals surface area contributed by atoms with E-state index in [1.165, 1.54) is 0 Å². The molecule has 4 N–H and O–H groups in total. The maximum atomic E-state index is 12.6. The third-order valence-corrected chi connectivity index (χ3v) is 5.43. The number of rotatable bonds is 4. The van der Waals surface area contributed by atoms with E-state index in [0.29, 0.717) is 13.0 Å². The molecular weight excluding hydrogens is 256 g/mol. The Hall–Kier alpha value is -1.10. The summed E-state index contributed by atoms with van der Waals surface area (Å²) in [6.45, 7) is 2.11. The van der Waals surface area contributed by atoms with Gasteiger partial charge < -0.3 is 16.2 Å². The zero-order valence-electron chi connectivity index (χ0n) is 12.3. The number of carbonyl (C=O) groups is 2. The van der Waals surface area contributed by atoms with Crippen molar-refractivity contribution in [3.8, 4) is 0 Å². The Labute approximate surface area is 120 Å². The molecule has 114 valence electrons. The molecule has 2 saturated carbocycles. The Morgan fingerprint density at radius 1 is 1.20 bits per heavy atom. The van der Waals surface area contributed by atoms with Gasteiger partial charge in [-0.3, -0.25) is 9.59 Å². The number of amides is 1. The van der Waals surface area contributed by atoms with Crippen LogP contribution in [0, 0.1) is 10.8 Å². The molecule has 5 heteroatoms. The first-order chi connectivity index (χ1) is 9.44. The second-order valence-corrected chi connectivity index (χ2v) is 6.69. The minimum atomic E-state index is -0.845. The fourth-order valence-corrected chi connectivity index (χ4v) is 3.71. The number of aliphatic carboxylic acids is 1. The van der Waals surface area contributed by atoms with Crippen molar-refractivity contribution in [3.05, 3.63) is 0 Å². The lowest BCUT2D eigenvalue weighted by molar-refractivity contribution is -0.152. The van der Waals surface area contributed by atoms with Crippen molar-refractivity contribution in [2.45, 2.75) is 64.3 Å². The maximum absolute atomic E-state index is 12.6. The highest BCUT2D eigenvalue weighted by Gasteiger charge is 2.47. The molecule has 2 aliphatic carbocycles. The lowest BCUT2D eigenvalue weighted by atomic mass is 9.71. The first-order valence-electron chi connectivity index (χ1n) is 7.69. The van der Waals surface area contributed by atoms with E-state index in [1.807, 2.05) is 0 Å². The Bertz CT molecular complexity index is 391. The van der Waals surface area contributed by atoms with Crippen molar-refractivity contribution < 1.29 is 14.7 Å². The molecule has 5 nitrogen and oxygen atoms in total. The van der Waals surface area contributed by atoms with E-state index in [0.717, 1.165) is 44.9 Å². The van der Waals surface area contributed by atoms with E-state index in [9.17, 15) is 14.7 Å². The number of carbonyl (C=O) groups excluding carboxylic acids is 1. The molecule has 2 fully saturated rings. The molecule has 0 saturated heterocycles. The molecule has 0 aliphatic heterocycles. The molecule has 0 aromatic rings. The van der Waals surface area contributed by atoms with Gasteiger partial charge >= 0.3 is 5.97 Å². The molecule has 2 atom stereocenters. The predicted octanol–water partition coefficient (Wildman–Crippen LogP) is 1.66. The first kappa shape index (κ1) is 15.3. The van der Waals surface area contributed by atoms with Gasteiger partial charge in [0.25, 0.3) is 0 Å². The van der Waals surface area contributed by atoms with Crippen LogP contribution in [0.1, 0.15) is 58.3 Å². The van der Waals surface area contributed by atoms with Crippen LogP contribution in [0.3, 0.4) is 0 Å². The summed E-state index contributed by atoms with van der Waals surface area (Å²) in [5, 5.41) is 12.5. The second kappa shape index (κ2) is 5.72. The van der Waals surface area contributed by atoms with Gasteiger partial charge in [0.05, 0.1) is 10.8 Å². The second-order valence-electron chi connectivity index (χ2n) is 6.69. The summed E-state index contributed by atoms with van der Waals surface area (Å²) in [4.78, 5) is 24.2. The Kier molecular flexibility index (Phi) is 4.37. The topological polar surface area (TPSA) is 92.4 Å². The third kappa shape index (κ3) is 2.55. The summed E-state index contributed by atoms with van der Waals surface area (Å²) in [6.07, 6.45) is 6.98. The molecule has 0 radical (unpaired) electrons. The van der Waals surface area contributed by atoms with Crippen molar-refractivity contribution in [1.82, 2.24) is 5.32 Å². The van der Waals surface area contributed by atoms with Crippen molar-refractivity contribution in [1.29, 1.82) is 0 Å². The highest BCUT2D eigenvalue weighted by molar-refractivity contribution is 5.85. The molecule has 0 spiro atoms. The van der Waals surface area contributed by atoms with Crippen LogP contribution in [0.2, 0.25) is 0 Å². The van der Waals surface area contributed by atoms with E-state index in [4.69, 9.17) is 5.73 Å². The van der Waals surface area contributed by atoms with Crippen LogP contribution in [0.4, 0.5) is 0 Å². The fraction of sp³-hybridized carbons (Fsp3) is 0.867. The number of hydrogen-bond acceptors (Lipinski definition) is 3. The molecule has 2 unspecified atom stereocenters. The Balaban J connectivity index is 2.11. The fourth-order valence-electron chi connectivity index (χ4n) is 3.71. The maximum Gasteiger partial charge on any atom is 0.311 e. The largest absolute Gasteiger partial charge is 0.481 e. The highest BCUT2D eigenvalue weighted by Crippen LogP contribution is 2.40. The van der Waals surface area contributed by atoms with Crippen LogP contribution >= 0.6 is 0 Å². The highest BCUT2D eigenvalue weighted by atomic mass is 16.4. The monoisotopic (exact) mass is 282 g/mol. The van der Waals surface area contributed by atoms with Crippen LogP contribution in [-0.4, -0.2) is 29.6 Å². The van der Waals surface area contributed by atoms with Crippen LogP contribution in [0.5, 0.6) is 0 Å². The van der Waals surface area contributed by atoms with E-state index in [2.05, 4.69) is 5.32 Å². The number of carboxylic acid groups (broad SMARTS) is 1. The quantitative estimate of drug-likeness (QED) is 0.731. The average Bonchev–Trinajstić information content (AvgIpc) is 2.91. The van der Waals surface area contributed by atoms with Crippen LogP contribution in [0.15, 0.2) is 0 Å². The minimum Gasteiger partial charge on any atom is -0.481 e. The zero-order chi connectivity index (χ0) is 14.8. The summed E-state index contributed by atoms with van der Waals surface area (Å²) in [7, 11) is 0. The Morgan fingerprint density at radius 3 is 2.35 bits per heavy atom. The molecule has 1 amide bonds. The van der Waals surface area contributed by atoms with Gasteiger partial charge in [-0.15, -0.1) is 0 Å². The number of hydrogen-bond donors (Lipinski definition) is 3. The SMILES string of the molecule is CC1(C(=O)O)CCCCC1NC(=O)C1(CN)CCCC1. The standard InChI is InChI=1S/C15H26N2O3/c1-14(13(19)20)7-3-2-6-11(14)17-12(18)15(10-16)8-4-5-9-15/h11H,2-10,16H2,1H3,(H,17,18)(H,19,20). The first-order valence-corrected chi connectivity index (χ1v) is 7.69. The molecule has 0 aromatic heterocycles. The minimum absolute atomic E-state index is 0.0307. The van der Waals surface area contributed by atoms with Gasteiger partial charge in [0.15, 0.2) is 0 Å². The molecule has 0 aromatic carbocycles. The molecule has 2 aliphatic rings. The molecule has 0 bridgehead atoms. The summed E-state index contributed by atoms with van der Waals surface area (Å²) in [6, 6.07) is -0.273. The van der Waals surface area contributed by atoms with Crippen LogP contribution in [-0.2, 0) is 9.59 Å². The van der Waals surface area contributed by atoms with Crippen molar-refractivity contribution in [3.63, 3.8) is 0 Å². The summed E-state index contributed by atoms with van der Waals surface area (Å²) >= 11 is 0. The zero-order valence-corrected chi connectivity index (χ0v) is 12.3. The van der Waals surface area contributed by atoms with Gasteiger partial charge in [-0.2, -0.15) is 0 Å². The van der Waals surface area contributed by atoms with Gasteiger partial charge in [0, 0.05) is 12.6 Å². The van der Waals surface area contributed by atoms with E-state index >= 15 is 0 Å². The summed E-state index contributed by atoms with van der Waals surface area (Å²) < 4.78 is 0. The molecule has 0 heterocycles. The van der Waals surface area contributed by atoms with Crippen molar-refractivity contribution >= 4 is 11.9 Å². The molecule has 20 heavy (non-hydrogen) atoms. The van der Waals surface area contributed by atoms with Gasteiger partial charge in [0.1, 0.15) is 0 Å². The van der Waals surface area contributed by atoms with Crippen molar-refractivity contribution in [2.24, 2.45) is 16.6 Å². The number of nitrogens with two attached hydrogens (primary N) is 1. The lowest BCUT2D eigenvalue weighted by Crippen LogP contribution is -2.56. The third-order valence-electron chi connectivity index (χ3n) is 5.43. The van der Waals surface area contributed by atoms with E-state index in [1.54, 1.807) is 6.92 Å². The smallest absolute Gasteiger partial charge is 0.311 e. The van der Waals surface area contributed by atoms with Gasteiger partial charge in [-0.05, 0) is 32.6 Å². The lowest BCUT2D eigenvalue weighted by Gasteiger charge is -2.40. The Morgan fingerprint density at radius 2 is 1.80 bits per heavy atom. The number of carboxylic acids is 1. The molecule has 2 rings (SSSR count). The average molecular weight is 282 g/mol. The summed E-state index contributed by atoms with van der Waals surface area (Å²) in [5.41, 5.74) is 4.52.